The number of aryl methyl sites for hydroxylation is 1. The van der Waals surface area contributed by atoms with Gasteiger partial charge in [0.15, 0.2) is 6.04 Å². The number of rotatable bonds is 7. The van der Waals surface area contributed by atoms with Crippen LogP contribution >= 0.6 is 11.8 Å². The molecule has 0 bridgehead atoms. The van der Waals surface area contributed by atoms with Gasteiger partial charge < -0.3 is 24.8 Å². The predicted octanol–water partition coefficient (Wildman–Crippen LogP) is 4.10. The number of nitrogens with one attached hydrogen (secondary N) is 2. The van der Waals surface area contributed by atoms with Gasteiger partial charge in [0, 0.05) is 85.2 Å². The minimum absolute atomic E-state index is 0.108. The number of fused-ring (bicyclic) bond motifs is 1. The van der Waals surface area contributed by atoms with Crippen LogP contribution in [0.15, 0.2) is 40.4 Å². The summed E-state index contributed by atoms with van der Waals surface area (Å²) in [5.74, 6) is -1.55. The van der Waals surface area contributed by atoms with E-state index in [2.05, 4.69) is 30.4 Å². The molecule has 1 fully saturated rings. The second kappa shape index (κ2) is 12.5. The summed E-state index contributed by atoms with van der Waals surface area (Å²) in [5, 5.41) is 15.2. The Bertz CT molecular complexity index is 1700. The summed E-state index contributed by atoms with van der Waals surface area (Å²) in [7, 11) is 2.01. The number of piperazine rings is 1. The minimum atomic E-state index is -4.53. The molecule has 234 valence electrons. The highest BCUT2D eigenvalue weighted by Crippen LogP contribution is 2.41. The second-order valence-electron chi connectivity index (χ2n) is 10.5. The van der Waals surface area contributed by atoms with Gasteiger partial charge in [-0.05, 0) is 39.1 Å². The zero-order valence-corrected chi connectivity index (χ0v) is 25.2. The lowest BCUT2D eigenvalue weighted by atomic mass is 9.96. The molecule has 2 amide bonds. The number of hydrogen-bond acceptors (Lipinski definition) is 8. The number of aromatic carboxylic acids is 1. The molecule has 1 aromatic carbocycles. The molecule has 15 heteroatoms. The number of anilines is 2. The molecule has 2 aliphatic heterocycles. The van der Waals surface area contributed by atoms with Crippen molar-refractivity contribution < 1.29 is 27.9 Å². The van der Waals surface area contributed by atoms with Gasteiger partial charge in [0.05, 0.1) is 10.6 Å². The van der Waals surface area contributed by atoms with Crippen molar-refractivity contribution in [2.75, 3.05) is 55.7 Å². The average molecular weight is 632 g/mol. The van der Waals surface area contributed by atoms with E-state index in [1.54, 1.807) is 17.6 Å². The SMILES string of the molecule is CCNC(=O)Nc1cc(C2=NC(C(F)(F)F)CS2)c(-c2cc3c(=O)c(C(=O)O)cn(CC)c3cc2N2CCN(C)CC2)cn1. The van der Waals surface area contributed by atoms with Gasteiger partial charge in [0.2, 0.25) is 5.43 Å². The lowest BCUT2D eigenvalue weighted by Crippen LogP contribution is -2.44. The molecule has 1 unspecified atom stereocenters. The molecule has 44 heavy (non-hydrogen) atoms. The first-order valence-corrected chi connectivity index (χ1v) is 15.1. The zero-order chi connectivity index (χ0) is 31.8. The normalized spacial score (nSPS) is 17.5. The molecule has 0 aliphatic carbocycles. The number of carboxylic acids is 1. The number of aliphatic imine (C=N–C) groups is 1. The second-order valence-corrected chi connectivity index (χ2v) is 11.6. The van der Waals surface area contributed by atoms with Gasteiger partial charge in [-0.15, -0.1) is 11.8 Å². The van der Waals surface area contributed by atoms with Crippen LogP contribution in [-0.2, 0) is 6.54 Å². The molecule has 2 aliphatic rings. The number of carbonyl (C=O) groups is 2. The van der Waals surface area contributed by atoms with Crippen molar-refractivity contribution in [3.8, 4) is 11.1 Å². The van der Waals surface area contributed by atoms with Crippen molar-refractivity contribution in [3.63, 3.8) is 0 Å². The first kappa shape index (κ1) is 31.3. The van der Waals surface area contributed by atoms with Crippen molar-refractivity contribution in [2.24, 2.45) is 4.99 Å². The third-order valence-corrected chi connectivity index (χ3v) is 8.73. The molecular weight excluding hydrogens is 599 g/mol. The Morgan fingerprint density at radius 2 is 1.82 bits per heavy atom. The van der Waals surface area contributed by atoms with Crippen LogP contribution in [-0.4, -0.2) is 94.3 Å². The molecule has 0 spiro atoms. The molecule has 1 saturated heterocycles. The molecule has 2 aromatic heterocycles. The van der Waals surface area contributed by atoms with E-state index in [9.17, 15) is 32.7 Å². The van der Waals surface area contributed by atoms with Crippen LogP contribution < -0.4 is 21.0 Å². The average Bonchev–Trinajstić information content (AvgIpc) is 3.49. The van der Waals surface area contributed by atoms with E-state index in [-0.39, 0.29) is 27.6 Å². The number of hydrogen-bond donors (Lipinski definition) is 3. The van der Waals surface area contributed by atoms with Crippen molar-refractivity contribution in [3.05, 3.63) is 51.9 Å². The van der Waals surface area contributed by atoms with E-state index < -0.39 is 29.6 Å². The Hall–Kier alpha value is -4.11. The number of likely N-dealkylation sites (N-methyl/N-ethyl adjacent to an activating group) is 1. The molecule has 4 heterocycles. The molecule has 3 aromatic rings. The summed E-state index contributed by atoms with van der Waals surface area (Å²) in [6.45, 7) is 7.13. The van der Waals surface area contributed by atoms with Crippen LogP contribution in [0.5, 0.6) is 0 Å². The smallest absolute Gasteiger partial charge is 0.411 e. The summed E-state index contributed by atoms with van der Waals surface area (Å²) in [6, 6.07) is 2.48. The number of carbonyl (C=O) groups excluding carboxylic acids is 1. The number of carboxylic acid groups (broad SMARTS) is 1. The molecule has 11 nitrogen and oxygen atoms in total. The van der Waals surface area contributed by atoms with Crippen LogP contribution in [0.4, 0.5) is 29.5 Å². The quantitative estimate of drug-likeness (QED) is 0.355. The van der Waals surface area contributed by atoms with E-state index in [1.807, 2.05) is 20.0 Å². The van der Waals surface area contributed by atoms with Crippen molar-refractivity contribution in [1.82, 2.24) is 19.8 Å². The molecule has 0 saturated carbocycles. The highest BCUT2D eigenvalue weighted by Gasteiger charge is 2.43. The number of urea groups is 1. The van der Waals surface area contributed by atoms with Crippen LogP contribution in [0, 0.1) is 0 Å². The van der Waals surface area contributed by atoms with Crippen molar-refractivity contribution >= 4 is 51.2 Å². The Morgan fingerprint density at radius 3 is 2.43 bits per heavy atom. The molecule has 5 rings (SSSR count). The number of benzene rings is 1. The van der Waals surface area contributed by atoms with Crippen LogP contribution in [0.25, 0.3) is 22.0 Å². The van der Waals surface area contributed by atoms with Crippen LogP contribution in [0.3, 0.4) is 0 Å². The summed E-state index contributed by atoms with van der Waals surface area (Å²) >= 11 is 0.948. The van der Waals surface area contributed by atoms with E-state index >= 15 is 0 Å². The van der Waals surface area contributed by atoms with Crippen molar-refractivity contribution in [2.45, 2.75) is 32.6 Å². The summed E-state index contributed by atoms with van der Waals surface area (Å²) in [6.07, 6.45) is -1.76. The highest BCUT2D eigenvalue weighted by molar-refractivity contribution is 8.14. The Balaban J connectivity index is 1.78. The first-order chi connectivity index (χ1) is 20.9. The third kappa shape index (κ3) is 6.24. The van der Waals surface area contributed by atoms with Gasteiger partial charge in [0.25, 0.3) is 0 Å². The Kier molecular flexibility index (Phi) is 8.88. The van der Waals surface area contributed by atoms with Crippen LogP contribution in [0.2, 0.25) is 0 Å². The third-order valence-electron chi connectivity index (χ3n) is 7.65. The van der Waals surface area contributed by atoms with Gasteiger partial charge >= 0.3 is 18.2 Å². The van der Waals surface area contributed by atoms with E-state index in [4.69, 9.17) is 0 Å². The van der Waals surface area contributed by atoms with E-state index in [1.165, 1.54) is 18.5 Å². The van der Waals surface area contributed by atoms with Gasteiger partial charge in [-0.25, -0.2) is 14.6 Å². The Morgan fingerprint density at radius 1 is 1.09 bits per heavy atom. The number of aromatic nitrogens is 2. The van der Waals surface area contributed by atoms with E-state index in [0.29, 0.717) is 48.4 Å². The maximum atomic E-state index is 13.6. The maximum absolute atomic E-state index is 13.6. The number of pyridine rings is 2. The number of thioether (sulfide) groups is 1. The fourth-order valence-corrected chi connectivity index (χ4v) is 6.40. The summed E-state index contributed by atoms with van der Waals surface area (Å²) in [4.78, 5) is 50.4. The number of halogens is 3. The monoisotopic (exact) mass is 631 g/mol. The number of alkyl halides is 3. The van der Waals surface area contributed by atoms with E-state index in [0.717, 1.165) is 30.5 Å². The lowest BCUT2D eigenvalue weighted by Gasteiger charge is -2.35. The maximum Gasteiger partial charge on any atom is 0.411 e. The lowest BCUT2D eigenvalue weighted by molar-refractivity contribution is -0.141. The molecule has 0 radical (unpaired) electrons. The Labute approximate surface area is 255 Å². The summed E-state index contributed by atoms with van der Waals surface area (Å²) < 4.78 is 42.6. The first-order valence-electron chi connectivity index (χ1n) is 14.1. The van der Waals surface area contributed by atoms with Gasteiger partial charge in [0.1, 0.15) is 11.4 Å². The highest BCUT2D eigenvalue weighted by atomic mass is 32.2. The standard InChI is InChI=1S/C29H32F3N7O4S/c1-4-33-28(43)36-24-11-17(26-35-23(15-44-26)29(30,31)32)19(13-34-24)16-10-18-22(12-21(16)39-8-6-37(3)7-9-39)38(5-2)14-20(25(18)40)27(41)42/h10-14,23H,4-9,15H2,1-3H3,(H,41,42)(H2,33,34,36,43). The summed E-state index contributed by atoms with van der Waals surface area (Å²) in [5.41, 5.74) is 1.41. The molecule has 3 N–H and O–H groups in total. The number of amides is 2. The fourth-order valence-electron chi connectivity index (χ4n) is 5.29. The van der Waals surface area contributed by atoms with Gasteiger partial charge in [-0.3, -0.25) is 15.1 Å². The van der Waals surface area contributed by atoms with Crippen LogP contribution in [0.1, 0.15) is 29.8 Å². The van der Waals surface area contributed by atoms with Gasteiger partial charge in [-0.1, -0.05) is 0 Å². The molecule has 1 atom stereocenters. The number of nitrogens with zero attached hydrogens (tertiary/aromatic N) is 5. The van der Waals surface area contributed by atoms with Crippen molar-refractivity contribution in [1.29, 1.82) is 0 Å². The molecular formula is C29H32F3N7O4S. The zero-order valence-electron chi connectivity index (χ0n) is 24.4. The topological polar surface area (TPSA) is 132 Å². The largest absolute Gasteiger partial charge is 0.477 e. The minimum Gasteiger partial charge on any atom is -0.477 e. The predicted molar refractivity (Wildman–Crippen MR) is 165 cm³/mol. The van der Waals surface area contributed by atoms with Gasteiger partial charge in [-0.2, -0.15) is 13.2 Å². The fraction of sp³-hybridized carbons (Fsp3) is 0.414.